The van der Waals surface area contributed by atoms with E-state index in [9.17, 15) is 9.90 Å². The lowest BCUT2D eigenvalue weighted by Gasteiger charge is -2.34. The van der Waals surface area contributed by atoms with Gasteiger partial charge in [0.25, 0.3) is 5.91 Å². The Morgan fingerprint density at radius 2 is 1.89 bits per heavy atom. The molecule has 3 heterocycles. The Labute approximate surface area is 158 Å². The monoisotopic (exact) mass is 368 g/mol. The Kier molecular flexibility index (Phi) is 4.99. The van der Waals surface area contributed by atoms with Crippen molar-refractivity contribution >= 4 is 5.91 Å². The lowest BCUT2D eigenvalue weighted by Crippen LogP contribution is -2.40. The number of carbonyl (C=O) groups is 1. The molecule has 2 aliphatic rings. The van der Waals surface area contributed by atoms with Gasteiger partial charge < -0.3 is 19.5 Å². The first-order chi connectivity index (χ1) is 13.1. The number of piperidine rings is 1. The van der Waals surface area contributed by atoms with Crippen LogP contribution in [0.25, 0.3) is 0 Å². The van der Waals surface area contributed by atoms with Gasteiger partial charge in [-0.2, -0.15) is 0 Å². The van der Waals surface area contributed by atoms with Crippen molar-refractivity contribution in [2.24, 2.45) is 5.92 Å². The smallest absolute Gasteiger partial charge is 0.254 e. The van der Waals surface area contributed by atoms with Crippen LogP contribution in [0.3, 0.4) is 0 Å². The van der Waals surface area contributed by atoms with Gasteiger partial charge in [-0.25, -0.2) is 0 Å². The number of hydrogen-bond acceptors (Lipinski definition) is 5. The molecular formula is C21H24N2O4. The average Bonchev–Trinajstić information content (AvgIpc) is 2.73. The number of benzene rings is 1. The SMILES string of the molecule is Cc1cc2c(cc1C(=O)N1CCC([C@H](O)c3ccccn3)CC1)OCCO2. The Morgan fingerprint density at radius 3 is 2.56 bits per heavy atom. The lowest BCUT2D eigenvalue weighted by atomic mass is 9.89. The second-order valence-electron chi connectivity index (χ2n) is 7.14. The van der Waals surface area contributed by atoms with E-state index in [0.29, 0.717) is 49.1 Å². The molecule has 1 aromatic heterocycles. The minimum absolute atomic E-state index is 0.00949. The van der Waals surface area contributed by atoms with Gasteiger partial charge in [-0.05, 0) is 55.5 Å². The Hall–Kier alpha value is -2.60. The minimum Gasteiger partial charge on any atom is -0.486 e. The van der Waals surface area contributed by atoms with E-state index >= 15 is 0 Å². The number of aliphatic hydroxyl groups is 1. The highest BCUT2D eigenvalue weighted by Gasteiger charge is 2.30. The molecule has 0 unspecified atom stereocenters. The molecule has 1 saturated heterocycles. The number of aryl methyl sites for hydroxylation is 1. The highest BCUT2D eigenvalue weighted by atomic mass is 16.6. The van der Waals surface area contributed by atoms with Crippen molar-refractivity contribution in [1.29, 1.82) is 0 Å². The standard InChI is InChI=1S/C21H24N2O4/c1-14-12-18-19(27-11-10-26-18)13-16(14)21(25)23-8-5-15(6-9-23)20(24)17-4-2-3-7-22-17/h2-4,7,12-13,15,20,24H,5-6,8-11H2,1H3/t20-/m0/s1. The molecule has 2 aliphatic heterocycles. The van der Waals surface area contributed by atoms with Crippen molar-refractivity contribution in [2.75, 3.05) is 26.3 Å². The highest BCUT2D eigenvalue weighted by molar-refractivity contribution is 5.96. The summed E-state index contributed by atoms with van der Waals surface area (Å²) in [5.74, 6) is 1.46. The molecule has 1 atom stereocenters. The van der Waals surface area contributed by atoms with Crippen molar-refractivity contribution in [3.8, 4) is 11.5 Å². The van der Waals surface area contributed by atoms with Crippen molar-refractivity contribution in [3.63, 3.8) is 0 Å². The quantitative estimate of drug-likeness (QED) is 0.902. The van der Waals surface area contributed by atoms with Crippen LogP contribution in [0.5, 0.6) is 11.5 Å². The second-order valence-corrected chi connectivity index (χ2v) is 7.14. The van der Waals surface area contributed by atoms with Crippen LogP contribution in [0.2, 0.25) is 0 Å². The number of pyridine rings is 1. The van der Waals surface area contributed by atoms with Crippen molar-refractivity contribution in [2.45, 2.75) is 25.9 Å². The van der Waals surface area contributed by atoms with E-state index < -0.39 is 6.10 Å². The maximum Gasteiger partial charge on any atom is 0.254 e. The molecule has 27 heavy (non-hydrogen) atoms. The van der Waals surface area contributed by atoms with Crippen LogP contribution >= 0.6 is 0 Å². The number of fused-ring (bicyclic) bond motifs is 1. The Balaban J connectivity index is 1.43. The van der Waals surface area contributed by atoms with Crippen LogP contribution < -0.4 is 9.47 Å². The van der Waals surface area contributed by atoms with Crippen LogP contribution in [0.4, 0.5) is 0 Å². The van der Waals surface area contributed by atoms with Crippen molar-refractivity contribution < 1.29 is 19.4 Å². The van der Waals surface area contributed by atoms with E-state index in [2.05, 4.69) is 4.98 Å². The van der Waals surface area contributed by atoms with E-state index in [4.69, 9.17) is 9.47 Å². The third-order valence-corrected chi connectivity index (χ3v) is 5.38. The van der Waals surface area contributed by atoms with Gasteiger partial charge in [0.15, 0.2) is 11.5 Å². The number of nitrogens with zero attached hydrogens (tertiary/aromatic N) is 2. The molecule has 0 saturated carbocycles. The fourth-order valence-electron chi connectivity index (χ4n) is 3.80. The Morgan fingerprint density at radius 1 is 1.19 bits per heavy atom. The van der Waals surface area contributed by atoms with Crippen molar-refractivity contribution in [3.05, 3.63) is 53.3 Å². The summed E-state index contributed by atoms with van der Waals surface area (Å²) in [6.07, 6.45) is 2.63. The van der Waals surface area contributed by atoms with E-state index in [-0.39, 0.29) is 11.8 Å². The number of carbonyl (C=O) groups excluding carboxylic acids is 1. The molecule has 0 bridgehead atoms. The van der Waals surface area contributed by atoms with Crippen LogP contribution in [0.1, 0.15) is 40.6 Å². The third kappa shape index (κ3) is 3.62. The maximum absolute atomic E-state index is 13.0. The van der Waals surface area contributed by atoms with Crippen LogP contribution in [0, 0.1) is 12.8 Å². The molecule has 6 nitrogen and oxygen atoms in total. The summed E-state index contributed by atoms with van der Waals surface area (Å²) in [6.45, 7) is 4.21. The van der Waals surface area contributed by atoms with E-state index in [0.717, 1.165) is 18.4 Å². The molecule has 1 N–H and O–H groups in total. The van der Waals surface area contributed by atoms with E-state index in [1.807, 2.05) is 36.1 Å². The molecule has 0 spiro atoms. The van der Waals surface area contributed by atoms with E-state index in [1.165, 1.54) is 0 Å². The normalized spacial score (nSPS) is 18.2. The lowest BCUT2D eigenvalue weighted by molar-refractivity contribution is 0.0446. The van der Waals surface area contributed by atoms with Gasteiger partial charge >= 0.3 is 0 Å². The molecule has 142 valence electrons. The van der Waals surface area contributed by atoms with Crippen LogP contribution in [-0.2, 0) is 0 Å². The fourth-order valence-corrected chi connectivity index (χ4v) is 3.80. The first-order valence-corrected chi connectivity index (χ1v) is 9.42. The predicted octanol–water partition coefficient (Wildman–Crippen LogP) is 2.75. The first-order valence-electron chi connectivity index (χ1n) is 9.42. The van der Waals surface area contributed by atoms with E-state index in [1.54, 1.807) is 12.3 Å². The summed E-state index contributed by atoms with van der Waals surface area (Å²) in [6, 6.07) is 9.24. The van der Waals surface area contributed by atoms with Gasteiger partial charge in [-0.3, -0.25) is 9.78 Å². The fraction of sp³-hybridized carbons (Fsp3) is 0.429. The van der Waals surface area contributed by atoms with Gasteiger partial charge in [0.1, 0.15) is 13.2 Å². The molecule has 2 aromatic rings. The summed E-state index contributed by atoms with van der Waals surface area (Å²) in [5, 5.41) is 10.6. The number of hydrogen-bond donors (Lipinski definition) is 1. The molecule has 1 aromatic carbocycles. The molecule has 4 rings (SSSR count). The summed E-state index contributed by atoms with van der Waals surface area (Å²) in [7, 11) is 0. The first kappa shape index (κ1) is 17.8. The number of aromatic nitrogens is 1. The summed E-state index contributed by atoms with van der Waals surface area (Å²) in [4.78, 5) is 19.1. The number of ether oxygens (including phenoxy) is 2. The molecule has 1 amide bonds. The van der Waals surface area contributed by atoms with Gasteiger partial charge in [-0.15, -0.1) is 0 Å². The van der Waals surface area contributed by atoms with Crippen LogP contribution in [-0.4, -0.2) is 47.2 Å². The zero-order valence-corrected chi connectivity index (χ0v) is 15.4. The molecule has 0 aliphatic carbocycles. The predicted molar refractivity (Wildman–Crippen MR) is 100.0 cm³/mol. The number of likely N-dealkylation sites (tertiary alicyclic amines) is 1. The number of rotatable bonds is 3. The topological polar surface area (TPSA) is 71.9 Å². The van der Waals surface area contributed by atoms with Gasteiger partial charge in [0.2, 0.25) is 0 Å². The van der Waals surface area contributed by atoms with Crippen LogP contribution in [0.15, 0.2) is 36.5 Å². The Bertz CT molecular complexity index is 816. The minimum atomic E-state index is -0.584. The van der Waals surface area contributed by atoms with Gasteiger partial charge in [-0.1, -0.05) is 6.07 Å². The molecule has 0 radical (unpaired) electrons. The number of amides is 1. The highest BCUT2D eigenvalue weighted by Crippen LogP contribution is 2.35. The summed E-state index contributed by atoms with van der Waals surface area (Å²) >= 11 is 0. The van der Waals surface area contributed by atoms with Gasteiger partial charge in [0.05, 0.1) is 11.8 Å². The summed E-state index contributed by atoms with van der Waals surface area (Å²) in [5.41, 5.74) is 2.24. The molecular weight excluding hydrogens is 344 g/mol. The second kappa shape index (κ2) is 7.56. The average molecular weight is 368 g/mol. The zero-order chi connectivity index (χ0) is 18.8. The molecule has 1 fully saturated rings. The maximum atomic E-state index is 13.0. The number of aliphatic hydroxyl groups excluding tert-OH is 1. The van der Waals surface area contributed by atoms with Crippen molar-refractivity contribution in [1.82, 2.24) is 9.88 Å². The largest absolute Gasteiger partial charge is 0.486 e. The third-order valence-electron chi connectivity index (χ3n) is 5.38. The molecule has 6 heteroatoms. The zero-order valence-electron chi connectivity index (χ0n) is 15.4. The summed E-state index contributed by atoms with van der Waals surface area (Å²) < 4.78 is 11.2. The van der Waals surface area contributed by atoms with Gasteiger partial charge in [0, 0.05) is 24.8 Å².